The Morgan fingerprint density at radius 2 is 1.70 bits per heavy atom. The standard InChI is InChI=1S/C33H41ClN2O4/c1-5-36-20-28(35)14-17-30(33(2,3)32(37)40-22-24-9-7-6-8-10-24)26-13-18-31(34)27(19-26)23-39-21-25-11-15-29(38-4)16-12-25/h6-13,15-16,18-20,30,36H,5,14,17,21-23,35H2,1-4H3/b28-20-. The summed E-state index contributed by atoms with van der Waals surface area (Å²) in [6, 6.07) is 23.4. The maximum absolute atomic E-state index is 13.5. The zero-order valence-corrected chi connectivity index (χ0v) is 24.7. The Balaban J connectivity index is 1.79. The molecule has 0 radical (unpaired) electrons. The van der Waals surface area contributed by atoms with Gasteiger partial charge >= 0.3 is 5.97 Å². The van der Waals surface area contributed by atoms with Crippen LogP contribution in [0.4, 0.5) is 0 Å². The highest BCUT2D eigenvalue weighted by molar-refractivity contribution is 6.31. The second-order valence-corrected chi connectivity index (χ2v) is 10.8. The Kier molecular flexibility index (Phi) is 11.9. The second-order valence-electron chi connectivity index (χ2n) is 10.3. The molecule has 1 atom stereocenters. The van der Waals surface area contributed by atoms with Gasteiger partial charge < -0.3 is 25.3 Å². The van der Waals surface area contributed by atoms with Gasteiger partial charge in [-0.2, -0.15) is 0 Å². The Hall–Kier alpha value is -3.48. The summed E-state index contributed by atoms with van der Waals surface area (Å²) in [5.74, 6) is 0.376. The highest BCUT2D eigenvalue weighted by Gasteiger charge is 2.39. The molecule has 214 valence electrons. The van der Waals surface area contributed by atoms with Crippen molar-refractivity contribution in [3.63, 3.8) is 0 Å². The molecule has 3 aromatic carbocycles. The number of hydrogen-bond donors (Lipinski definition) is 2. The van der Waals surface area contributed by atoms with E-state index in [9.17, 15) is 4.79 Å². The average molecular weight is 565 g/mol. The Bertz CT molecular complexity index is 1240. The van der Waals surface area contributed by atoms with E-state index in [2.05, 4.69) is 5.32 Å². The molecular formula is C33H41ClN2O4. The molecule has 0 bridgehead atoms. The maximum atomic E-state index is 13.5. The minimum absolute atomic E-state index is 0.165. The fourth-order valence-electron chi connectivity index (χ4n) is 4.53. The van der Waals surface area contributed by atoms with E-state index >= 15 is 0 Å². The number of nitrogens with two attached hydrogens (primary N) is 1. The molecule has 40 heavy (non-hydrogen) atoms. The van der Waals surface area contributed by atoms with Crippen molar-refractivity contribution in [1.82, 2.24) is 5.32 Å². The monoisotopic (exact) mass is 564 g/mol. The van der Waals surface area contributed by atoms with Gasteiger partial charge in [-0.1, -0.05) is 66.2 Å². The van der Waals surface area contributed by atoms with Crippen molar-refractivity contribution in [3.05, 3.63) is 112 Å². The first-order valence-corrected chi connectivity index (χ1v) is 14.0. The van der Waals surface area contributed by atoms with Gasteiger partial charge in [-0.05, 0) is 80.0 Å². The largest absolute Gasteiger partial charge is 0.497 e. The summed E-state index contributed by atoms with van der Waals surface area (Å²) in [6.07, 6.45) is 3.12. The van der Waals surface area contributed by atoms with Crippen LogP contribution in [0.3, 0.4) is 0 Å². The number of carbonyl (C=O) groups excluding carboxylic acids is 1. The van der Waals surface area contributed by atoms with Gasteiger partial charge in [0.05, 0.1) is 25.7 Å². The lowest BCUT2D eigenvalue weighted by atomic mass is 9.72. The summed E-state index contributed by atoms with van der Waals surface area (Å²) < 4.78 is 17.0. The van der Waals surface area contributed by atoms with E-state index in [1.165, 1.54) is 0 Å². The van der Waals surface area contributed by atoms with Gasteiger partial charge in [-0.25, -0.2) is 0 Å². The highest BCUT2D eigenvalue weighted by atomic mass is 35.5. The molecule has 0 fully saturated rings. The predicted molar refractivity (Wildman–Crippen MR) is 161 cm³/mol. The van der Waals surface area contributed by atoms with Crippen molar-refractivity contribution in [2.75, 3.05) is 13.7 Å². The minimum Gasteiger partial charge on any atom is -0.497 e. The Labute approximate surface area is 243 Å². The van der Waals surface area contributed by atoms with Gasteiger partial charge in [0.15, 0.2) is 0 Å². The minimum atomic E-state index is -0.817. The molecule has 0 aromatic heterocycles. The van der Waals surface area contributed by atoms with Crippen molar-refractivity contribution >= 4 is 17.6 Å². The Morgan fingerprint density at radius 1 is 1.00 bits per heavy atom. The number of esters is 1. The molecule has 0 heterocycles. The van der Waals surface area contributed by atoms with Gasteiger partial charge in [0.2, 0.25) is 0 Å². The Morgan fingerprint density at radius 3 is 2.38 bits per heavy atom. The van der Waals surface area contributed by atoms with E-state index in [-0.39, 0.29) is 18.5 Å². The SMILES string of the molecule is CCN/C=C(\N)CCC(c1ccc(Cl)c(COCc2ccc(OC)cc2)c1)C(C)(C)C(=O)OCc1ccccc1. The number of hydrogen-bond acceptors (Lipinski definition) is 6. The third-order valence-corrected chi connectivity index (χ3v) is 7.35. The highest BCUT2D eigenvalue weighted by Crippen LogP contribution is 2.42. The van der Waals surface area contributed by atoms with E-state index in [1.54, 1.807) is 7.11 Å². The van der Waals surface area contributed by atoms with E-state index < -0.39 is 5.41 Å². The normalized spacial score (nSPS) is 12.6. The van der Waals surface area contributed by atoms with Crippen molar-refractivity contribution in [2.24, 2.45) is 11.1 Å². The lowest BCUT2D eigenvalue weighted by Crippen LogP contribution is -2.33. The number of ether oxygens (including phenoxy) is 3. The number of methoxy groups -OCH3 is 1. The molecule has 0 aliphatic rings. The van der Waals surface area contributed by atoms with Crippen LogP contribution in [-0.2, 0) is 34.1 Å². The van der Waals surface area contributed by atoms with Crippen LogP contribution in [0, 0.1) is 5.41 Å². The number of halogens is 1. The fraction of sp³-hybridized carbons (Fsp3) is 0.364. The second kappa shape index (κ2) is 15.3. The molecule has 3 rings (SSSR count). The molecule has 7 heteroatoms. The predicted octanol–water partition coefficient (Wildman–Crippen LogP) is 7.11. The van der Waals surface area contributed by atoms with E-state index in [1.807, 2.05) is 99.8 Å². The van der Waals surface area contributed by atoms with Gasteiger partial charge in [0, 0.05) is 23.5 Å². The molecular weight excluding hydrogens is 524 g/mol. The molecule has 3 aromatic rings. The van der Waals surface area contributed by atoms with Crippen LogP contribution >= 0.6 is 11.6 Å². The van der Waals surface area contributed by atoms with E-state index in [0.29, 0.717) is 31.1 Å². The van der Waals surface area contributed by atoms with Crippen LogP contribution in [0.5, 0.6) is 5.75 Å². The van der Waals surface area contributed by atoms with E-state index in [0.717, 1.165) is 40.2 Å². The van der Waals surface area contributed by atoms with Gasteiger partial charge in [-0.15, -0.1) is 0 Å². The van der Waals surface area contributed by atoms with Crippen LogP contribution in [0.2, 0.25) is 5.02 Å². The zero-order chi connectivity index (χ0) is 29.0. The first-order chi connectivity index (χ1) is 19.2. The molecule has 0 spiro atoms. The van der Waals surface area contributed by atoms with Crippen molar-refractivity contribution in [1.29, 1.82) is 0 Å². The molecule has 6 nitrogen and oxygen atoms in total. The van der Waals surface area contributed by atoms with Crippen LogP contribution in [0.15, 0.2) is 84.7 Å². The van der Waals surface area contributed by atoms with Crippen molar-refractivity contribution in [2.45, 2.75) is 59.4 Å². The summed E-state index contributed by atoms with van der Waals surface area (Å²) in [4.78, 5) is 13.5. The van der Waals surface area contributed by atoms with Crippen molar-refractivity contribution in [3.8, 4) is 5.75 Å². The van der Waals surface area contributed by atoms with Crippen LogP contribution in [0.1, 0.15) is 61.8 Å². The third kappa shape index (κ3) is 9.04. The number of nitrogens with one attached hydrogen (secondary N) is 1. The summed E-state index contributed by atoms with van der Waals surface area (Å²) in [5.41, 5.74) is 10.0. The van der Waals surface area contributed by atoms with Gasteiger partial charge in [0.25, 0.3) is 0 Å². The molecule has 1 unspecified atom stereocenters. The quantitative estimate of drug-likeness (QED) is 0.191. The van der Waals surface area contributed by atoms with Gasteiger partial charge in [-0.3, -0.25) is 4.79 Å². The van der Waals surface area contributed by atoms with Crippen LogP contribution in [0.25, 0.3) is 0 Å². The fourth-order valence-corrected chi connectivity index (χ4v) is 4.71. The molecule has 0 aliphatic carbocycles. The zero-order valence-electron chi connectivity index (χ0n) is 23.9. The van der Waals surface area contributed by atoms with Gasteiger partial charge in [0.1, 0.15) is 12.4 Å². The summed E-state index contributed by atoms with van der Waals surface area (Å²) in [5, 5.41) is 3.77. The lowest BCUT2D eigenvalue weighted by molar-refractivity contribution is -0.156. The van der Waals surface area contributed by atoms with Crippen molar-refractivity contribution < 1.29 is 19.0 Å². The van der Waals surface area contributed by atoms with E-state index in [4.69, 9.17) is 31.5 Å². The molecule has 3 N–H and O–H groups in total. The molecule has 0 saturated heterocycles. The number of allylic oxidation sites excluding steroid dienone is 1. The van der Waals surface area contributed by atoms with Crippen LogP contribution < -0.4 is 15.8 Å². The number of carbonyl (C=O) groups is 1. The first kappa shape index (κ1) is 31.1. The molecule has 0 amide bonds. The lowest BCUT2D eigenvalue weighted by Gasteiger charge is -2.33. The van der Waals surface area contributed by atoms with Crippen LogP contribution in [-0.4, -0.2) is 19.6 Å². The third-order valence-electron chi connectivity index (χ3n) is 6.98. The average Bonchev–Trinajstić information content (AvgIpc) is 2.97. The molecule has 0 saturated carbocycles. The summed E-state index contributed by atoms with van der Waals surface area (Å²) in [7, 11) is 1.64. The maximum Gasteiger partial charge on any atom is 0.312 e. The number of benzene rings is 3. The first-order valence-electron chi connectivity index (χ1n) is 13.6. The number of rotatable bonds is 15. The smallest absolute Gasteiger partial charge is 0.312 e. The summed E-state index contributed by atoms with van der Waals surface area (Å²) in [6.45, 7) is 7.68. The summed E-state index contributed by atoms with van der Waals surface area (Å²) >= 11 is 6.58. The molecule has 0 aliphatic heterocycles. The topological polar surface area (TPSA) is 82.8 Å².